The molecule has 9 heteroatoms. The van der Waals surface area contributed by atoms with E-state index in [0.29, 0.717) is 5.82 Å². The lowest BCUT2D eigenvalue weighted by Crippen LogP contribution is -2.03. The maximum atomic E-state index is 5.97. The second-order valence-corrected chi connectivity index (χ2v) is 6.16. The Labute approximate surface area is 129 Å². The molecule has 0 saturated heterocycles. The SMILES string of the molecule is Cc1csc(-c2c(N)nsc2NCCCc2ncn[nH]2)n1. The minimum absolute atomic E-state index is 0.534. The van der Waals surface area contributed by atoms with Crippen LogP contribution in [0.15, 0.2) is 11.7 Å². The maximum Gasteiger partial charge on any atom is 0.149 e. The number of nitrogen functional groups attached to an aromatic ring is 1. The third-order valence-corrected chi connectivity index (χ3v) is 4.69. The van der Waals surface area contributed by atoms with E-state index in [4.69, 9.17) is 5.73 Å². The lowest BCUT2D eigenvalue weighted by molar-refractivity contribution is 0.807. The normalized spacial score (nSPS) is 10.9. The predicted octanol–water partition coefficient (Wildman–Crippen LogP) is 2.32. The molecule has 0 aliphatic heterocycles. The molecule has 0 saturated carbocycles. The van der Waals surface area contributed by atoms with Gasteiger partial charge in [-0.2, -0.15) is 9.47 Å². The van der Waals surface area contributed by atoms with Gasteiger partial charge in [0.2, 0.25) is 0 Å². The van der Waals surface area contributed by atoms with Gasteiger partial charge in [-0.15, -0.1) is 11.3 Å². The molecule has 0 fully saturated rings. The first kappa shape index (κ1) is 14.0. The van der Waals surface area contributed by atoms with E-state index < -0.39 is 0 Å². The van der Waals surface area contributed by atoms with Gasteiger partial charge in [0.1, 0.15) is 28.0 Å². The van der Waals surface area contributed by atoms with Crippen molar-refractivity contribution in [2.24, 2.45) is 0 Å². The van der Waals surface area contributed by atoms with Crippen LogP contribution >= 0.6 is 22.9 Å². The molecule has 3 heterocycles. The predicted molar refractivity (Wildman–Crippen MR) is 85.6 cm³/mol. The van der Waals surface area contributed by atoms with Gasteiger partial charge in [0, 0.05) is 24.0 Å². The van der Waals surface area contributed by atoms with E-state index in [1.165, 1.54) is 17.9 Å². The summed E-state index contributed by atoms with van der Waals surface area (Å²) in [6, 6.07) is 0. The number of H-pyrrole nitrogens is 1. The van der Waals surface area contributed by atoms with Crippen molar-refractivity contribution < 1.29 is 0 Å². The average Bonchev–Trinajstić information content (AvgIpc) is 3.17. The summed E-state index contributed by atoms with van der Waals surface area (Å²) in [6.45, 7) is 2.79. The van der Waals surface area contributed by atoms with Gasteiger partial charge < -0.3 is 11.1 Å². The molecule has 0 radical (unpaired) electrons. The first-order valence-electron chi connectivity index (χ1n) is 6.50. The highest BCUT2D eigenvalue weighted by Crippen LogP contribution is 2.38. The van der Waals surface area contributed by atoms with Crippen molar-refractivity contribution in [1.29, 1.82) is 0 Å². The molecule has 0 aliphatic carbocycles. The molecule has 0 amide bonds. The average molecular weight is 321 g/mol. The standard InChI is InChI=1S/C12H15N7S2/c1-7-5-20-12(17-7)9-10(13)19-21-11(9)14-4-2-3-8-15-6-16-18-8/h5-6,14H,2-4H2,1H3,(H2,13,19)(H,15,16,18). The van der Waals surface area contributed by atoms with Crippen LogP contribution < -0.4 is 11.1 Å². The number of aromatic nitrogens is 5. The van der Waals surface area contributed by atoms with Crippen molar-refractivity contribution in [2.45, 2.75) is 19.8 Å². The van der Waals surface area contributed by atoms with Crippen molar-refractivity contribution in [3.8, 4) is 10.6 Å². The molecule has 4 N–H and O–H groups in total. The van der Waals surface area contributed by atoms with Gasteiger partial charge >= 0.3 is 0 Å². The molecule has 3 aromatic rings. The van der Waals surface area contributed by atoms with Crippen LogP contribution in [0.25, 0.3) is 10.6 Å². The number of nitrogens with zero attached hydrogens (tertiary/aromatic N) is 4. The highest BCUT2D eigenvalue weighted by atomic mass is 32.1. The lowest BCUT2D eigenvalue weighted by Gasteiger charge is -2.04. The van der Waals surface area contributed by atoms with Gasteiger partial charge in [0.15, 0.2) is 0 Å². The van der Waals surface area contributed by atoms with E-state index in [0.717, 1.165) is 46.5 Å². The van der Waals surface area contributed by atoms with E-state index >= 15 is 0 Å². The van der Waals surface area contributed by atoms with Gasteiger partial charge in [0.05, 0.1) is 5.56 Å². The molecule has 7 nitrogen and oxygen atoms in total. The van der Waals surface area contributed by atoms with E-state index in [-0.39, 0.29) is 0 Å². The minimum Gasteiger partial charge on any atom is -0.382 e. The summed E-state index contributed by atoms with van der Waals surface area (Å²) in [6.07, 6.45) is 3.33. The second kappa shape index (κ2) is 6.19. The van der Waals surface area contributed by atoms with Crippen molar-refractivity contribution >= 4 is 33.7 Å². The fourth-order valence-corrected chi connectivity index (χ4v) is 3.57. The first-order valence-corrected chi connectivity index (χ1v) is 8.15. The summed E-state index contributed by atoms with van der Waals surface area (Å²) in [5, 5.41) is 14.0. The van der Waals surface area contributed by atoms with Crippen LogP contribution in [-0.4, -0.2) is 31.1 Å². The molecule has 0 aliphatic rings. The van der Waals surface area contributed by atoms with Crippen LogP contribution in [0.5, 0.6) is 0 Å². The summed E-state index contributed by atoms with van der Waals surface area (Å²) >= 11 is 2.96. The highest BCUT2D eigenvalue weighted by Gasteiger charge is 2.16. The molecule has 0 bridgehead atoms. The third-order valence-electron chi connectivity index (χ3n) is 2.89. The Kier molecular flexibility index (Phi) is 4.11. The van der Waals surface area contributed by atoms with Crippen molar-refractivity contribution in [2.75, 3.05) is 17.6 Å². The number of rotatable bonds is 6. The van der Waals surface area contributed by atoms with Crippen LogP contribution in [0.4, 0.5) is 10.8 Å². The number of hydrogen-bond donors (Lipinski definition) is 3. The number of aromatic amines is 1. The summed E-state index contributed by atoms with van der Waals surface area (Å²) in [5.41, 5.74) is 7.88. The number of anilines is 2. The molecule has 3 aromatic heterocycles. The van der Waals surface area contributed by atoms with Gasteiger partial charge in [-0.1, -0.05) is 0 Å². The van der Waals surface area contributed by atoms with Crippen molar-refractivity contribution in [3.63, 3.8) is 0 Å². The number of nitrogens with two attached hydrogens (primary N) is 1. The van der Waals surface area contributed by atoms with Gasteiger partial charge in [-0.3, -0.25) is 5.10 Å². The highest BCUT2D eigenvalue weighted by molar-refractivity contribution is 7.15. The molecule has 3 rings (SSSR count). The zero-order chi connectivity index (χ0) is 14.7. The third kappa shape index (κ3) is 3.19. The van der Waals surface area contributed by atoms with Crippen LogP contribution in [0.1, 0.15) is 17.9 Å². The summed E-state index contributed by atoms with van der Waals surface area (Å²) in [5.74, 6) is 1.43. The summed E-state index contributed by atoms with van der Waals surface area (Å²) in [7, 11) is 0. The Morgan fingerprint density at radius 2 is 2.33 bits per heavy atom. The topological polar surface area (TPSA) is 105 Å². The van der Waals surface area contributed by atoms with Gasteiger partial charge in [-0.05, 0) is 24.9 Å². The molecule has 0 atom stereocenters. The number of thiazole rings is 1. The number of aryl methyl sites for hydroxylation is 2. The molecule has 110 valence electrons. The number of nitrogens with one attached hydrogen (secondary N) is 2. The Morgan fingerprint density at radius 3 is 3.05 bits per heavy atom. The van der Waals surface area contributed by atoms with Crippen LogP contribution in [-0.2, 0) is 6.42 Å². The van der Waals surface area contributed by atoms with Crippen molar-refractivity contribution in [3.05, 3.63) is 23.2 Å². The van der Waals surface area contributed by atoms with E-state index in [1.807, 2.05) is 12.3 Å². The Balaban J connectivity index is 1.63. The summed E-state index contributed by atoms with van der Waals surface area (Å²) in [4.78, 5) is 8.59. The maximum absolute atomic E-state index is 5.97. The molecular weight excluding hydrogens is 306 g/mol. The van der Waals surface area contributed by atoms with Crippen LogP contribution in [0.3, 0.4) is 0 Å². The van der Waals surface area contributed by atoms with E-state index in [9.17, 15) is 0 Å². The smallest absolute Gasteiger partial charge is 0.149 e. The van der Waals surface area contributed by atoms with Crippen LogP contribution in [0.2, 0.25) is 0 Å². The van der Waals surface area contributed by atoms with Gasteiger partial charge in [-0.25, -0.2) is 9.97 Å². The fraction of sp³-hybridized carbons (Fsp3) is 0.333. The monoisotopic (exact) mass is 321 g/mol. The van der Waals surface area contributed by atoms with E-state index in [1.54, 1.807) is 11.3 Å². The minimum atomic E-state index is 0.534. The molecule has 0 aromatic carbocycles. The van der Waals surface area contributed by atoms with E-state index in [2.05, 4.69) is 29.9 Å². The zero-order valence-corrected chi connectivity index (χ0v) is 13.1. The largest absolute Gasteiger partial charge is 0.382 e. The first-order chi connectivity index (χ1) is 10.2. The van der Waals surface area contributed by atoms with Gasteiger partial charge in [0.25, 0.3) is 0 Å². The second-order valence-electron chi connectivity index (χ2n) is 4.53. The Bertz CT molecular complexity index is 701. The quantitative estimate of drug-likeness (QED) is 0.602. The van der Waals surface area contributed by atoms with Crippen LogP contribution in [0, 0.1) is 6.92 Å². The zero-order valence-electron chi connectivity index (χ0n) is 11.5. The van der Waals surface area contributed by atoms with Crippen molar-refractivity contribution in [1.82, 2.24) is 24.5 Å². The number of hydrogen-bond acceptors (Lipinski definition) is 8. The molecular formula is C12H15N7S2. The lowest BCUT2D eigenvalue weighted by atomic mass is 10.3. The molecule has 0 spiro atoms. The molecule has 0 unspecified atom stereocenters. The molecule has 21 heavy (non-hydrogen) atoms. The fourth-order valence-electron chi connectivity index (χ4n) is 1.91. The Hall–Kier alpha value is -2.00. The summed E-state index contributed by atoms with van der Waals surface area (Å²) < 4.78 is 4.23. The Morgan fingerprint density at radius 1 is 1.43 bits per heavy atom.